The molecule has 2 aliphatic heterocycles. The van der Waals surface area contributed by atoms with E-state index in [4.69, 9.17) is 24.4 Å². The number of hydrogen-bond donors (Lipinski definition) is 2. The first-order valence-corrected chi connectivity index (χ1v) is 7.79. The number of carbonyl (C=O) groups excluding carboxylic acids is 2. The Morgan fingerprint density at radius 3 is 1.58 bits per heavy atom. The summed E-state index contributed by atoms with van der Waals surface area (Å²) in [5, 5.41) is 5.17. The van der Waals surface area contributed by atoms with Gasteiger partial charge in [0, 0.05) is 0 Å². The van der Waals surface area contributed by atoms with Crippen LogP contribution in [0.15, 0.2) is 21.0 Å². The van der Waals surface area contributed by atoms with E-state index in [2.05, 4.69) is 10.6 Å². The molecule has 0 atom stereocenters. The lowest BCUT2D eigenvalue weighted by molar-refractivity contribution is -0.116. The molecule has 8 heteroatoms. The molecule has 0 aliphatic carbocycles. The SMILES string of the molecule is C/C(C/C(C)=C1/SC(=S)NC1=O)=C1/SC(=S)NC1=O. The van der Waals surface area contributed by atoms with Crippen molar-refractivity contribution in [1.82, 2.24) is 10.6 Å². The number of thiocarbonyl (C=S) groups is 2. The first-order valence-electron chi connectivity index (χ1n) is 5.34. The van der Waals surface area contributed by atoms with E-state index in [9.17, 15) is 9.59 Å². The smallest absolute Gasteiger partial charge is 0.263 e. The van der Waals surface area contributed by atoms with Crippen LogP contribution in [-0.4, -0.2) is 20.5 Å². The lowest BCUT2D eigenvalue weighted by Crippen LogP contribution is -2.18. The van der Waals surface area contributed by atoms with Crippen LogP contribution in [0.3, 0.4) is 0 Å². The molecule has 0 aromatic heterocycles. The number of hydrogen-bond acceptors (Lipinski definition) is 6. The molecule has 0 aromatic rings. The highest BCUT2D eigenvalue weighted by atomic mass is 32.2. The molecule has 2 N–H and O–H groups in total. The summed E-state index contributed by atoms with van der Waals surface area (Å²) in [5.74, 6) is -0.325. The Morgan fingerprint density at radius 2 is 1.32 bits per heavy atom. The van der Waals surface area contributed by atoms with Gasteiger partial charge in [-0.15, -0.1) is 0 Å². The summed E-state index contributed by atoms with van der Waals surface area (Å²) in [7, 11) is 0. The van der Waals surface area contributed by atoms with Crippen molar-refractivity contribution in [3.05, 3.63) is 21.0 Å². The molecule has 2 aliphatic rings. The molecule has 0 aromatic carbocycles. The molecule has 0 saturated carbocycles. The Morgan fingerprint density at radius 1 is 0.947 bits per heavy atom. The zero-order valence-electron chi connectivity index (χ0n) is 10.2. The van der Waals surface area contributed by atoms with Gasteiger partial charge >= 0.3 is 0 Å². The maximum Gasteiger partial charge on any atom is 0.263 e. The van der Waals surface area contributed by atoms with Gasteiger partial charge in [-0.05, 0) is 31.4 Å². The van der Waals surface area contributed by atoms with Gasteiger partial charge in [-0.25, -0.2) is 0 Å². The van der Waals surface area contributed by atoms with Crippen LogP contribution in [0.2, 0.25) is 0 Å². The van der Waals surface area contributed by atoms with Crippen molar-refractivity contribution in [1.29, 1.82) is 0 Å². The minimum Gasteiger partial charge on any atom is -0.307 e. The summed E-state index contributed by atoms with van der Waals surface area (Å²) < 4.78 is 0.942. The lowest BCUT2D eigenvalue weighted by Gasteiger charge is -2.06. The molecule has 0 spiro atoms. The van der Waals surface area contributed by atoms with Crippen LogP contribution in [0.25, 0.3) is 0 Å². The summed E-state index contributed by atoms with van der Waals surface area (Å²) in [6.07, 6.45) is 0.552. The van der Waals surface area contributed by atoms with Crippen LogP contribution < -0.4 is 10.6 Å². The standard InChI is InChI=1S/C11H10N2O2S4/c1-4(6-8(14)12-10(16)18-6)3-5(2)7-9(15)13-11(17)19-7/h3H2,1-2H3,(H,12,14,16)(H,13,15,17)/b6-4-,7-5+. The third-order valence-corrected chi connectivity index (χ3v) is 5.29. The molecule has 0 bridgehead atoms. The van der Waals surface area contributed by atoms with E-state index in [1.54, 1.807) is 0 Å². The molecule has 2 saturated heterocycles. The fraction of sp³-hybridized carbons (Fsp3) is 0.273. The van der Waals surface area contributed by atoms with Crippen LogP contribution in [-0.2, 0) is 9.59 Å². The van der Waals surface area contributed by atoms with Gasteiger partial charge in [0.2, 0.25) is 0 Å². The van der Waals surface area contributed by atoms with Gasteiger partial charge in [-0.3, -0.25) is 9.59 Å². The van der Waals surface area contributed by atoms with E-state index in [0.717, 1.165) is 11.1 Å². The Kier molecular flexibility index (Phi) is 4.44. The van der Waals surface area contributed by atoms with Crippen molar-refractivity contribution in [2.45, 2.75) is 20.3 Å². The van der Waals surface area contributed by atoms with E-state index in [1.807, 2.05) is 13.8 Å². The van der Waals surface area contributed by atoms with E-state index in [0.29, 0.717) is 24.9 Å². The van der Waals surface area contributed by atoms with Crippen LogP contribution in [0, 0.1) is 0 Å². The van der Waals surface area contributed by atoms with Gasteiger partial charge in [0.15, 0.2) is 0 Å². The van der Waals surface area contributed by atoms with Crippen molar-refractivity contribution >= 4 is 68.4 Å². The molecule has 2 rings (SSSR count). The highest BCUT2D eigenvalue weighted by Gasteiger charge is 2.27. The maximum absolute atomic E-state index is 11.6. The molecule has 19 heavy (non-hydrogen) atoms. The number of carbonyl (C=O) groups is 2. The van der Waals surface area contributed by atoms with Crippen LogP contribution >= 0.6 is 48.0 Å². The van der Waals surface area contributed by atoms with Gasteiger partial charge in [0.05, 0.1) is 9.81 Å². The zero-order valence-corrected chi connectivity index (χ0v) is 13.4. The van der Waals surface area contributed by atoms with Crippen molar-refractivity contribution in [2.24, 2.45) is 0 Å². The van der Waals surface area contributed by atoms with Crippen molar-refractivity contribution in [3.8, 4) is 0 Å². The molecule has 2 amide bonds. The molecule has 2 heterocycles. The summed E-state index contributed by atoms with van der Waals surface area (Å²) in [4.78, 5) is 24.5. The Bertz CT molecular complexity index is 527. The predicted octanol–water partition coefficient (Wildman–Crippen LogP) is 2.22. The van der Waals surface area contributed by atoms with E-state index in [-0.39, 0.29) is 11.8 Å². The number of amides is 2. The van der Waals surface area contributed by atoms with Gasteiger partial charge in [0.25, 0.3) is 11.8 Å². The topological polar surface area (TPSA) is 58.2 Å². The Balaban J connectivity index is 2.22. The average Bonchev–Trinajstić information content (AvgIpc) is 2.81. The highest BCUT2D eigenvalue weighted by Crippen LogP contribution is 2.33. The summed E-state index contributed by atoms with van der Waals surface area (Å²) in [5.41, 5.74) is 1.80. The number of allylic oxidation sites excluding steroid dienone is 2. The van der Waals surface area contributed by atoms with Crippen molar-refractivity contribution < 1.29 is 9.59 Å². The molecule has 0 unspecified atom stereocenters. The average molecular weight is 330 g/mol. The minimum atomic E-state index is -0.163. The zero-order chi connectivity index (χ0) is 14.2. The lowest BCUT2D eigenvalue weighted by atomic mass is 10.1. The van der Waals surface area contributed by atoms with E-state index < -0.39 is 0 Å². The van der Waals surface area contributed by atoms with Crippen LogP contribution in [0.5, 0.6) is 0 Å². The van der Waals surface area contributed by atoms with E-state index >= 15 is 0 Å². The Hall–Kier alpha value is -0.700. The van der Waals surface area contributed by atoms with E-state index in [1.165, 1.54) is 23.5 Å². The largest absolute Gasteiger partial charge is 0.307 e. The quantitative estimate of drug-likeness (QED) is 0.598. The second-order valence-electron chi connectivity index (χ2n) is 4.08. The Labute approximate surface area is 129 Å². The van der Waals surface area contributed by atoms with Crippen molar-refractivity contribution in [2.75, 3.05) is 0 Å². The number of thioether (sulfide) groups is 2. The molecular formula is C11H10N2O2S4. The van der Waals surface area contributed by atoms with Crippen LogP contribution in [0.4, 0.5) is 0 Å². The van der Waals surface area contributed by atoms with Gasteiger partial charge in [-0.2, -0.15) is 0 Å². The van der Waals surface area contributed by atoms with Gasteiger partial charge in [0.1, 0.15) is 8.64 Å². The fourth-order valence-electron chi connectivity index (χ4n) is 1.75. The van der Waals surface area contributed by atoms with Gasteiger partial charge in [-0.1, -0.05) is 48.0 Å². The summed E-state index contributed by atoms with van der Waals surface area (Å²) >= 11 is 12.4. The summed E-state index contributed by atoms with van der Waals surface area (Å²) in [6, 6.07) is 0. The molecule has 100 valence electrons. The highest BCUT2D eigenvalue weighted by molar-refractivity contribution is 8.27. The second kappa shape index (κ2) is 5.74. The fourth-order valence-corrected chi connectivity index (χ4v) is 3.87. The maximum atomic E-state index is 11.6. The number of rotatable bonds is 2. The van der Waals surface area contributed by atoms with Gasteiger partial charge < -0.3 is 10.6 Å². The normalized spacial score (nSPS) is 24.5. The minimum absolute atomic E-state index is 0.163. The monoisotopic (exact) mass is 330 g/mol. The molecule has 0 radical (unpaired) electrons. The van der Waals surface area contributed by atoms with Crippen LogP contribution in [0.1, 0.15) is 20.3 Å². The first kappa shape index (κ1) is 14.7. The molecule has 4 nitrogen and oxygen atoms in total. The predicted molar refractivity (Wildman–Crippen MR) is 86.7 cm³/mol. The molecular weight excluding hydrogens is 320 g/mol. The third kappa shape index (κ3) is 3.25. The first-order chi connectivity index (χ1) is 8.88. The molecule has 2 fully saturated rings. The second-order valence-corrected chi connectivity index (χ2v) is 7.46. The third-order valence-electron chi connectivity index (χ3n) is 2.54. The van der Waals surface area contributed by atoms with Crippen molar-refractivity contribution in [3.63, 3.8) is 0 Å². The summed E-state index contributed by atoms with van der Waals surface area (Å²) in [6.45, 7) is 3.74. The number of nitrogens with one attached hydrogen (secondary N) is 2.